The smallest absolute Gasteiger partial charge is 0.0765 e. The minimum Gasteiger partial charge on any atom is -0.374 e. The SMILES string of the molecule is CC#CCNc1cccc(C)c1. The summed E-state index contributed by atoms with van der Waals surface area (Å²) < 4.78 is 0. The highest BCUT2D eigenvalue weighted by Crippen LogP contribution is 2.08. The van der Waals surface area contributed by atoms with Crippen LogP contribution in [0.5, 0.6) is 0 Å². The molecule has 1 aromatic carbocycles. The van der Waals surface area contributed by atoms with Gasteiger partial charge in [0.1, 0.15) is 0 Å². The Morgan fingerprint density at radius 3 is 2.92 bits per heavy atom. The second-order valence-corrected chi connectivity index (χ2v) is 2.65. The van der Waals surface area contributed by atoms with Crippen LogP contribution in [0.2, 0.25) is 0 Å². The van der Waals surface area contributed by atoms with Crippen molar-refractivity contribution in [1.29, 1.82) is 0 Å². The topological polar surface area (TPSA) is 12.0 Å². The molecular formula is C11H13N. The second kappa shape index (κ2) is 4.46. The lowest BCUT2D eigenvalue weighted by atomic mass is 10.2. The molecule has 0 saturated carbocycles. The highest BCUT2D eigenvalue weighted by molar-refractivity contribution is 5.46. The van der Waals surface area contributed by atoms with Crippen molar-refractivity contribution in [2.75, 3.05) is 11.9 Å². The van der Waals surface area contributed by atoms with Crippen molar-refractivity contribution < 1.29 is 0 Å². The fourth-order valence-electron chi connectivity index (χ4n) is 0.990. The van der Waals surface area contributed by atoms with E-state index in [2.05, 4.69) is 36.2 Å². The summed E-state index contributed by atoms with van der Waals surface area (Å²) in [5.74, 6) is 5.80. The molecule has 1 N–H and O–H groups in total. The number of nitrogens with one attached hydrogen (secondary N) is 1. The molecule has 1 nitrogen and oxygen atoms in total. The molecular weight excluding hydrogens is 146 g/mol. The third kappa shape index (κ3) is 2.67. The molecule has 62 valence electrons. The van der Waals surface area contributed by atoms with E-state index >= 15 is 0 Å². The Labute approximate surface area is 73.8 Å². The van der Waals surface area contributed by atoms with E-state index in [-0.39, 0.29) is 0 Å². The van der Waals surface area contributed by atoms with Gasteiger partial charge in [0.05, 0.1) is 6.54 Å². The normalized spacial score (nSPS) is 8.50. The molecule has 0 aromatic heterocycles. The van der Waals surface area contributed by atoms with Gasteiger partial charge in [-0.25, -0.2) is 0 Å². The van der Waals surface area contributed by atoms with Crippen molar-refractivity contribution >= 4 is 5.69 Å². The molecule has 0 aliphatic rings. The molecule has 0 radical (unpaired) electrons. The van der Waals surface area contributed by atoms with Gasteiger partial charge in [-0.3, -0.25) is 0 Å². The first-order chi connectivity index (χ1) is 5.83. The Kier molecular flexibility index (Phi) is 3.22. The van der Waals surface area contributed by atoms with Crippen LogP contribution >= 0.6 is 0 Å². The average molecular weight is 159 g/mol. The van der Waals surface area contributed by atoms with Gasteiger partial charge in [-0.1, -0.05) is 18.1 Å². The monoisotopic (exact) mass is 159 g/mol. The van der Waals surface area contributed by atoms with Crippen molar-refractivity contribution in [3.05, 3.63) is 29.8 Å². The first-order valence-corrected chi connectivity index (χ1v) is 4.03. The van der Waals surface area contributed by atoms with E-state index in [1.54, 1.807) is 0 Å². The molecule has 0 amide bonds. The van der Waals surface area contributed by atoms with E-state index in [1.807, 2.05) is 19.1 Å². The van der Waals surface area contributed by atoms with Crippen molar-refractivity contribution in [3.8, 4) is 11.8 Å². The zero-order valence-corrected chi connectivity index (χ0v) is 7.52. The van der Waals surface area contributed by atoms with Gasteiger partial charge in [0.15, 0.2) is 0 Å². The molecule has 1 aromatic rings. The van der Waals surface area contributed by atoms with Crippen LogP contribution in [0, 0.1) is 18.8 Å². The molecule has 0 atom stereocenters. The number of anilines is 1. The van der Waals surface area contributed by atoms with Gasteiger partial charge in [-0.15, -0.1) is 5.92 Å². The van der Waals surface area contributed by atoms with E-state index in [1.165, 1.54) is 5.56 Å². The van der Waals surface area contributed by atoms with Crippen molar-refractivity contribution in [2.45, 2.75) is 13.8 Å². The minimum absolute atomic E-state index is 0.722. The van der Waals surface area contributed by atoms with E-state index in [9.17, 15) is 0 Å². The summed E-state index contributed by atoms with van der Waals surface area (Å²) in [7, 11) is 0. The maximum absolute atomic E-state index is 3.21. The van der Waals surface area contributed by atoms with Crippen LogP contribution in [-0.4, -0.2) is 6.54 Å². The van der Waals surface area contributed by atoms with Crippen LogP contribution in [0.25, 0.3) is 0 Å². The highest BCUT2D eigenvalue weighted by Gasteiger charge is 1.88. The predicted molar refractivity (Wildman–Crippen MR) is 53.1 cm³/mol. The number of hydrogen-bond acceptors (Lipinski definition) is 1. The first-order valence-electron chi connectivity index (χ1n) is 4.03. The molecule has 0 fully saturated rings. The van der Waals surface area contributed by atoms with Gasteiger partial charge in [-0.2, -0.15) is 0 Å². The van der Waals surface area contributed by atoms with E-state index in [4.69, 9.17) is 0 Å². The molecule has 0 saturated heterocycles. The van der Waals surface area contributed by atoms with Crippen LogP contribution in [-0.2, 0) is 0 Å². The maximum Gasteiger partial charge on any atom is 0.0765 e. The molecule has 1 rings (SSSR count). The zero-order chi connectivity index (χ0) is 8.81. The summed E-state index contributed by atoms with van der Waals surface area (Å²) in [5, 5.41) is 3.21. The molecule has 0 aliphatic heterocycles. The summed E-state index contributed by atoms with van der Waals surface area (Å²) in [4.78, 5) is 0. The van der Waals surface area contributed by atoms with Crippen LogP contribution in [0.3, 0.4) is 0 Å². The summed E-state index contributed by atoms with van der Waals surface area (Å²) >= 11 is 0. The number of rotatable bonds is 2. The first kappa shape index (κ1) is 8.67. The van der Waals surface area contributed by atoms with Gasteiger partial charge >= 0.3 is 0 Å². The van der Waals surface area contributed by atoms with Gasteiger partial charge in [-0.05, 0) is 31.5 Å². The third-order valence-corrected chi connectivity index (χ3v) is 1.58. The lowest BCUT2D eigenvalue weighted by molar-refractivity contribution is 1.35. The van der Waals surface area contributed by atoms with Crippen LogP contribution in [0.1, 0.15) is 12.5 Å². The van der Waals surface area contributed by atoms with Crippen molar-refractivity contribution in [3.63, 3.8) is 0 Å². The minimum atomic E-state index is 0.722. The Balaban J connectivity index is 2.55. The molecule has 0 bridgehead atoms. The van der Waals surface area contributed by atoms with Crippen LogP contribution < -0.4 is 5.32 Å². The number of benzene rings is 1. The molecule has 0 aliphatic carbocycles. The molecule has 0 unspecified atom stereocenters. The summed E-state index contributed by atoms with van der Waals surface area (Å²) in [5.41, 5.74) is 2.40. The fourth-order valence-corrected chi connectivity index (χ4v) is 0.990. The van der Waals surface area contributed by atoms with Crippen molar-refractivity contribution in [1.82, 2.24) is 0 Å². The van der Waals surface area contributed by atoms with Gasteiger partial charge in [0, 0.05) is 5.69 Å². The van der Waals surface area contributed by atoms with E-state index in [0.29, 0.717) is 0 Å². The predicted octanol–water partition coefficient (Wildman–Crippen LogP) is 2.43. The Morgan fingerprint density at radius 1 is 1.42 bits per heavy atom. The van der Waals surface area contributed by atoms with E-state index in [0.717, 1.165) is 12.2 Å². The van der Waals surface area contributed by atoms with Gasteiger partial charge in [0.25, 0.3) is 0 Å². The van der Waals surface area contributed by atoms with Crippen LogP contribution in [0.4, 0.5) is 5.69 Å². The van der Waals surface area contributed by atoms with Crippen LogP contribution in [0.15, 0.2) is 24.3 Å². The standard InChI is InChI=1S/C11H13N/c1-3-4-8-12-11-7-5-6-10(2)9-11/h5-7,9,12H,8H2,1-2H3. The van der Waals surface area contributed by atoms with Gasteiger partial charge in [0.2, 0.25) is 0 Å². The third-order valence-electron chi connectivity index (χ3n) is 1.58. The fraction of sp³-hybridized carbons (Fsp3) is 0.273. The summed E-state index contributed by atoms with van der Waals surface area (Å²) in [6.07, 6.45) is 0. The Bertz CT molecular complexity index is 304. The van der Waals surface area contributed by atoms with Crippen molar-refractivity contribution in [2.24, 2.45) is 0 Å². The maximum atomic E-state index is 3.21. The number of hydrogen-bond donors (Lipinski definition) is 1. The zero-order valence-electron chi connectivity index (χ0n) is 7.52. The largest absolute Gasteiger partial charge is 0.374 e. The van der Waals surface area contributed by atoms with E-state index < -0.39 is 0 Å². The number of aryl methyl sites for hydroxylation is 1. The quantitative estimate of drug-likeness (QED) is 0.653. The Morgan fingerprint density at radius 2 is 2.25 bits per heavy atom. The lowest BCUT2D eigenvalue weighted by Crippen LogP contribution is -1.98. The highest BCUT2D eigenvalue weighted by atomic mass is 14.8. The average Bonchev–Trinajstić information content (AvgIpc) is 2.05. The lowest BCUT2D eigenvalue weighted by Gasteiger charge is -2.01. The Hall–Kier alpha value is -1.42. The summed E-state index contributed by atoms with van der Waals surface area (Å²) in [6.45, 7) is 4.65. The summed E-state index contributed by atoms with van der Waals surface area (Å²) in [6, 6.07) is 8.27. The molecule has 1 heteroatoms. The molecule has 0 heterocycles. The molecule has 12 heavy (non-hydrogen) atoms. The second-order valence-electron chi connectivity index (χ2n) is 2.65. The molecule has 0 spiro atoms. The van der Waals surface area contributed by atoms with Gasteiger partial charge < -0.3 is 5.32 Å².